The van der Waals surface area contributed by atoms with Gasteiger partial charge in [-0.05, 0) is 33.2 Å². The molecular weight excluding hydrogens is 246 g/mol. The van der Waals surface area contributed by atoms with Crippen molar-refractivity contribution in [1.29, 1.82) is 0 Å². The molecule has 1 atom stereocenters. The van der Waals surface area contributed by atoms with Crippen LogP contribution in [0.3, 0.4) is 0 Å². The van der Waals surface area contributed by atoms with E-state index >= 15 is 0 Å². The number of aromatic nitrogens is 1. The van der Waals surface area contributed by atoms with E-state index in [4.69, 9.17) is 0 Å². The average molecular weight is 269 g/mol. The summed E-state index contributed by atoms with van der Waals surface area (Å²) in [6.07, 6.45) is 3.20. The zero-order valence-electron chi connectivity index (χ0n) is 11.5. The van der Waals surface area contributed by atoms with E-state index < -0.39 is 0 Å². The fourth-order valence-corrected chi connectivity index (χ4v) is 2.77. The molecular formula is C13H23N3OS. The lowest BCUT2D eigenvalue weighted by Crippen LogP contribution is -2.22. The van der Waals surface area contributed by atoms with E-state index in [1.165, 1.54) is 12.8 Å². The van der Waals surface area contributed by atoms with Crippen LogP contribution in [0.2, 0.25) is 0 Å². The Hall–Kier alpha value is -0.650. The largest absolute Gasteiger partial charge is 0.393 e. The highest BCUT2D eigenvalue weighted by Gasteiger charge is 2.27. The summed E-state index contributed by atoms with van der Waals surface area (Å²) in [7, 11) is 4.21. The van der Waals surface area contributed by atoms with Gasteiger partial charge in [-0.1, -0.05) is 0 Å². The van der Waals surface area contributed by atoms with Gasteiger partial charge in [0.25, 0.3) is 0 Å². The number of hydrogen-bond donors (Lipinski definition) is 1. The Morgan fingerprint density at radius 1 is 1.50 bits per heavy atom. The zero-order valence-corrected chi connectivity index (χ0v) is 12.3. The molecule has 1 aliphatic carbocycles. The fourth-order valence-electron chi connectivity index (χ4n) is 1.91. The number of rotatable bonds is 7. The van der Waals surface area contributed by atoms with E-state index in [0.29, 0.717) is 0 Å². The van der Waals surface area contributed by atoms with E-state index in [2.05, 4.69) is 34.3 Å². The van der Waals surface area contributed by atoms with Gasteiger partial charge in [-0.3, -0.25) is 0 Å². The van der Waals surface area contributed by atoms with Crippen LogP contribution in [0.25, 0.3) is 0 Å². The minimum atomic E-state index is -0.223. The minimum absolute atomic E-state index is 0.223. The average Bonchev–Trinajstić information content (AvgIpc) is 3.07. The molecule has 5 heteroatoms. The van der Waals surface area contributed by atoms with Crippen LogP contribution in [0.15, 0.2) is 5.38 Å². The third-order valence-corrected chi connectivity index (χ3v) is 4.28. The lowest BCUT2D eigenvalue weighted by atomic mass is 10.3. The zero-order chi connectivity index (χ0) is 13.1. The number of nitrogens with zero attached hydrogens (tertiary/aromatic N) is 3. The molecule has 1 aromatic rings. The summed E-state index contributed by atoms with van der Waals surface area (Å²) in [5.74, 6) is 0. The van der Waals surface area contributed by atoms with Crippen LogP contribution < -0.4 is 4.90 Å². The van der Waals surface area contributed by atoms with Gasteiger partial charge in [-0.2, -0.15) is 0 Å². The fraction of sp³-hybridized carbons (Fsp3) is 0.769. The molecule has 0 radical (unpaired) electrons. The Bertz CT molecular complexity index is 376. The van der Waals surface area contributed by atoms with Gasteiger partial charge in [0, 0.05) is 31.6 Å². The van der Waals surface area contributed by atoms with Gasteiger partial charge < -0.3 is 14.9 Å². The first kappa shape index (κ1) is 13.8. The monoisotopic (exact) mass is 269 g/mol. The molecule has 1 aromatic heterocycles. The van der Waals surface area contributed by atoms with E-state index in [9.17, 15) is 5.11 Å². The van der Waals surface area contributed by atoms with Crippen molar-refractivity contribution in [3.05, 3.63) is 11.1 Å². The molecule has 1 unspecified atom stereocenters. The maximum absolute atomic E-state index is 9.27. The summed E-state index contributed by atoms with van der Waals surface area (Å²) in [6.45, 7) is 3.60. The van der Waals surface area contributed by atoms with Crippen LogP contribution in [0.4, 0.5) is 5.13 Å². The molecule has 1 aliphatic rings. The SMILES string of the molecule is CC(O)CCN(C)Cc1csc(N(C)C2CC2)n1. The Balaban J connectivity index is 1.82. The third-order valence-electron chi connectivity index (χ3n) is 3.30. The Morgan fingerprint density at radius 3 is 2.83 bits per heavy atom. The second-order valence-electron chi connectivity index (χ2n) is 5.34. The third kappa shape index (κ3) is 3.93. The van der Waals surface area contributed by atoms with Crippen LogP contribution >= 0.6 is 11.3 Å². The number of anilines is 1. The van der Waals surface area contributed by atoms with Crippen molar-refractivity contribution in [2.24, 2.45) is 0 Å². The first-order valence-corrected chi connectivity index (χ1v) is 7.48. The number of thiazole rings is 1. The summed E-state index contributed by atoms with van der Waals surface area (Å²) in [5, 5.41) is 12.5. The predicted octanol–water partition coefficient (Wildman–Crippen LogP) is 1.94. The lowest BCUT2D eigenvalue weighted by Gasteiger charge is -2.16. The van der Waals surface area contributed by atoms with Crippen LogP contribution in [0.1, 0.15) is 31.9 Å². The van der Waals surface area contributed by atoms with Gasteiger partial charge in [0.05, 0.1) is 11.8 Å². The Labute approximate surface area is 113 Å². The van der Waals surface area contributed by atoms with Crippen LogP contribution in [0.5, 0.6) is 0 Å². The summed E-state index contributed by atoms with van der Waals surface area (Å²) in [4.78, 5) is 9.19. The number of hydrogen-bond acceptors (Lipinski definition) is 5. The van der Waals surface area contributed by atoms with Crippen LogP contribution in [-0.2, 0) is 6.54 Å². The van der Waals surface area contributed by atoms with E-state index in [1.807, 2.05) is 6.92 Å². The van der Waals surface area contributed by atoms with Crippen LogP contribution in [0, 0.1) is 0 Å². The highest BCUT2D eigenvalue weighted by Crippen LogP contribution is 2.32. The minimum Gasteiger partial charge on any atom is -0.393 e. The van der Waals surface area contributed by atoms with Crippen molar-refractivity contribution in [3.8, 4) is 0 Å². The molecule has 1 fully saturated rings. The van der Waals surface area contributed by atoms with Crippen molar-refractivity contribution in [2.75, 3.05) is 25.5 Å². The predicted molar refractivity (Wildman–Crippen MR) is 76.2 cm³/mol. The van der Waals surface area contributed by atoms with E-state index in [0.717, 1.165) is 36.4 Å². The summed E-state index contributed by atoms with van der Waals surface area (Å²) in [5.41, 5.74) is 1.13. The van der Waals surface area contributed by atoms with Gasteiger partial charge >= 0.3 is 0 Å². The van der Waals surface area contributed by atoms with E-state index in [1.54, 1.807) is 11.3 Å². The summed E-state index contributed by atoms with van der Waals surface area (Å²) in [6, 6.07) is 0.719. The maximum Gasteiger partial charge on any atom is 0.185 e. The van der Waals surface area contributed by atoms with Crippen molar-refractivity contribution >= 4 is 16.5 Å². The molecule has 18 heavy (non-hydrogen) atoms. The Morgan fingerprint density at radius 2 is 2.22 bits per heavy atom. The first-order valence-electron chi connectivity index (χ1n) is 6.60. The molecule has 0 amide bonds. The quantitative estimate of drug-likeness (QED) is 0.821. The summed E-state index contributed by atoms with van der Waals surface area (Å²) >= 11 is 1.73. The van der Waals surface area contributed by atoms with Crippen molar-refractivity contribution < 1.29 is 5.11 Å². The molecule has 0 spiro atoms. The molecule has 0 aromatic carbocycles. The molecule has 0 saturated heterocycles. The van der Waals surface area contributed by atoms with Gasteiger partial charge in [0.2, 0.25) is 0 Å². The molecule has 1 N–H and O–H groups in total. The smallest absolute Gasteiger partial charge is 0.185 e. The summed E-state index contributed by atoms with van der Waals surface area (Å²) < 4.78 is 0. The highest BCUT2D eigenvalue weighted by atomic mass is 32.1. The molecule has 0 bridgehead atoms. The van der Waals surface area contributed by atoms with Gasteiger partial charge in [-0.25, -0.2) is 4.98 Å². The molecule has 2 rings (SSSR count). The molecule has 1 heterocycles. The second kappa shape index (κ2) is 5.99. The first-order chi connectivity index (χ1) is 8.56. The Kier molecular flexibility index (Phi) is 4.59. The highest BCUT2D eigenvalue weighted by molar-refractivity contribution is 7.13. The topological polar surface area (TPSA) is 39.6 Å². The standard InChI is InChI=1S/C13H23N3OS/c1-10(17)6-7-15(2)8-11-9-18-13(14-11)16(3)12-4-5-12/h9-10,12,17H,4-8H2,1-3H3. The van der Waals surface area contributed by atoms with Crippen molar-refractivity contribution in [3.63, 3.8) is 0 Å². The molecule has 1 saturated carbocycles. The van der Waals surface area contributed by atoms with Crippen molar-refractivity contribution in [1.82, 2.24) is 9.88 Å². The van der Waals surface area contributed by atoms with Gasteiger partial charge in [0.15, 0.2) is 5.13 Å². The van der Waals surface area contributed by atoms with Crippen molar-refractivity contribution in [2.45, 2.75) is 44.9 Å². The molecule has 4 nitrogen and oxygen atoms in total. The van der Waals surface area contributed by atoms with Gasteiger partial charge in [-0.15, -0.1) is 11.3 Å². The van der Waals surface area contributed by atoms with Crippen LogP contribution in [-0.4, -0.2) is 47.8 Å². The molecule has 102 valence electrons. The normalized spacial score (nSPS) is 17.2. The van der Waals surface area contributed by atoms with Gasteiger partial charge in [0.1, 0.15) is 0 Å². The van der Waals surface area contributed by atoms with E-state index in [-0.39, 0.29) is 6.10 Å². The second-order valence-corrected chi connectivity index (χ2v) is 6.18. The number of aliphatic hydroxyl groups excluding tert-OH is 1. The molecule has 0 aliphatic heterocycles. The number of aliphatic hydroxyl groups is 1. The lowest BCUT2D eigenvalue weighted by molar-refractivity contribution is 0.162. The maximum atomic E-state index is 9.27.